The smallest absolute Gasteiger partial charge is 0.133 e. The van der Waals surface area contributed by atoms with E-state index in [0.29, 0.717) is 6.04 Å². The van der Waals surface area contributed by atoms with Crippen LogP contribution in [0.4, 0.5) is 5.82 Å². The van der Waals surface area contributed by atoms with Crippen LogP contribution >= 0.6 is 0 Å². The average Bonchev–Trinajstić information content (AvgIpc) is 3.37. The van der Waals surface area contributed by atoms with Crippen LogP contribution in [-0.2, 0) is 6.54 Å². The molecule has 4 nitrogen and oxygen atoms in total. The zero-order valence-electron chi connectivity index (χ0n) is 13.4. The Labute approximate surface area is 128 Å². The molecular weight excluding hydrogens is 260 g/mol. The third-order valence-electron chi connectivity index (χ3n) is 4.85. The van der Waals surface area contributed by atoms with E-state index in [0.717, 1.165) is 38.8 Å². The van der Waals surface area contributed by atoms with Gasteiger partial charge in [-0.15, -0.1) is 0 Å². The molecule has 3 rings (SSSR count). The summed E-state index contributed by atoms with van der Waals surface area (Å²) in [5.74, 6) is 1.19. The van der Waals surface area contributed by atoms with Crippen molar-refractivity contribution in [3.8, 4) is 0 Å². The molecule has 1 atom stereocenters. The SMILES string of the molecule is CCC(C)N1CCN(c2ncccc2CNC2CC2)CC1. The van der Waals surface area contributed by atoms with Gasteiger partial charge in [-0.25, -0.2) is 4.98 Å². The fourth-order valence-corrected chi connectivity index (χ4v) is 3.03. The highest BCUT2D eigenvalue weighted by molar-refractivity contribution is 5.47. The molecule has 0 spiro atoms. The van der Waals surface area contributed by atoms with Crippen molar-refractivity contribution in [1.29, 1.82) is 0 Å². The topological polar surface area (TPSA) is 31.4 Å². The summed E-state index contributed by atoms with van der Waals surface area (Å²) in [4.78, 5) is 9.72. The zero-order valence-corrected chi connectivity index (χ0v) is 13.4. The summed E-state index contributed by atoms with van der Waals surface area (Å²) in [5, 5.41) is 3.61. The standard InChI is InChI=1S/C17H28N4/c1-3-14(2)20-9-11-21(12-10-20)17-15(5-4-8-18-17)13-19-16-6-7-16/h4-5,8,14,16,19H,3,6-7,9-13H2,1-2H3. The first kappa shape index (κ1) is 14.8. The largest absolute Gasteiger partial charge is 0.354 e. The molecule has 1 aliphatic heterocycles. The fourth-order valence-electron chi connectivity index (χ4n) is 3.03. The van der Waals surface area contributed by atoms with E-state index in [1.807, 2.05) is 6.20 Å². The maximum absolute atomic E-state index is 4.66. The van der Waals surface area contributed by atoms with Gasteiger partial charge in [-0.3, -0.25) is 4.90 Å². The molecule has 2 fully saturated rings. The van der Waals surface area contributed by atoms with Gasteiger partial charge in [-0.05, 0) is 32.3 Å². The summed E-state index contributed by atoms with van der Waals surface area (Å²) in [6.07, 6.45) is 5.84. The number of piperazine rings is 1. The lowest BCUT2D eigenvalue weighted by Crippen LogP contribution is -2.50. The van der Waals surface area contributed by atoms with Crippen molar-refractivity contribution in [2.45, 2.75) is 51.7 Å². The summed E-state index contributed by atoms with van der Waals surface area (Å²) >= 11 is 0. The molecule has 1 saturated carbocycles. The number of nitrogens with zero attached hydrogens (tertiary/aromatic N) is 3. The highest BCUT2D eigenvalue weighted by Crippen LogP contribution is 2.23. The van der Waals surface area contributed by atoms with Gasteiger partial charge in [0.2, 0.25) is 0 Å². The molecule has 4 heteroatoms. The number of hydrogen-bond acceptors (Lipinski definition) is 4. The number of pyridine rings is 1. The number of hydrogen-bond donors (Lipinski definition) is 1. The minimum Gasteiger partial charge on any atom is -0.354 e. The van der Waals surface area contributed by atoms with Crippen molar-refractivity contribution in [3.05, 3.63) is 23.9 Å². The molecule has 21 heavy (non-hydrogen) atoms. The van der Waals surface area contributed by atoms with Gasteiger partial charge in [0.15, 0.2) is 0 Å². The van der Waals surface area contributed by atoms with Gasteiger partial charge in [-0.1, -0.05) is 13.0 Å². The first-order valence-corrected chi connectivity index (χ1v) is 8.44. The monoisotopic (exact) mass is 288 g/mol. The number of nitrogens with one attached hydrogen (secondary N) is 1. The van der Waals surface area contributed by atoms with Gasteiger partial charge in [-0.2, -0.15) is 0 Å². The van der Waals surface area contributed by atoms with Gasteiger partial charge in [0.1, 0.15) is 5.82 Å². The Bertz CT molecular complexity index is 450. The summed E-state index contributed by atoms with van der Waals surface area (Å²) in [7, 11) is 0. The summed E-state index contributed by atoms with van der Waals surface area (Å²) in [6, 6.07) is 5.73. The van der Waals surface area contributed by atoms with E-state index in [-0.39, 0.29) is 0 Å². The van der Waals surface area contributed by atoms with Gasteiger partial charge in [0, 0.05) is 56.6 Å². The van der Waals surface area contributed by atoms with Crippen molar-refractivity contribution in [2.75, 3.05) is 31.1 Å². The first-order chi connectivity index (χ1) is 10.3. The van der Waals surface area contributed by atoms with Crippen LogP contribution in [0.1, 0.15) is 38.7 Å². The molecule has 1 aromatic heterocycles. The van der Waals surface area contributed by atoms with E-state index in [9.17, 15) is 0 Å². The lowest BCUT2D eigenvalue weighted by Gasteiger charge is -2.39. The van der Waals surface area contributed by atoms with Crippen LogP contribution in [0.3, 0.4) is 0 Å². The van der Waals surface area contributed by atoms with Gasteiger partial charge >= 0.3 is 0 Å². The third-order valence-corrected chi connectivity index (χ3v) is 4.85. The lowest BCUT2D eigenvalue weighted by molar-refractivity contribution is 0.192. The normalized spacial score (nSPS) is 21.5. The Balaban J connectivity index is 1.61. The molecule has 1 saturated heterocycles. The molecule has 1 aliphatic carbocycles. The maximum Gasteiger partial charge on any atom is 0.133 e. The van der Waals surface area contributed by atoms with E-state index < -0.39 is 0 Å². The fraction of sp³-hybridized carbons (Fsp3) is 0.706. The Hall–Kier alpha value is -1.13. The van der Waals surface area contributed by atoms with Gasteiger partial charge in [0.25, 0.3) is 0 Å². The molecular formula is C17H28N4. The van der Waals surface area contributed by atoms with Crippen molar-refractivity contribution in [1.82, 2.24) is 15.2 Å². The lowest BCUT2D eigenvalue weighted by atomic mass is 10.1. The Morgan fingerprint density at radius 1 is 1.29 bits per heavy atom. The molecule has 2 heterocycles. The molecule has 0 aromatic carbocycles. The Morgan fingerprint density at radius 2 is 2.05 bits per heavy atom. The van der Waals surface area contributed by atoms with Crippen molar-refractivity contribution < 1.29 is 0 Å². The average molecular weight is 288 g/mol. The molecule has 0 radical (unpaired) electrons. The first-order valence-electron chi connectivity index (χ1n) is 8.44. The molecule has 1 aromatic rings. The number of anilines is 1. The zero-order chi connectivity index (χ0) is 14.7. The van der Waals surface area contributed by atoms with Crippen LogP contribution < -0.4 is 10.2 Å². The molecule has 0 bridgehead atoms. The van der Waals surface area contributed by atoms with E-state index in [2.05, 4.69) is 46.1 Å². The number of rotatable bonds is 6. The quantitative estimate of drug-likeness (QED) is 0.870. The predicted molar refractivity (Wildman–Crippen MR) is 87.6 cm³/mol. The maximum atomic E-state index is 4.66. The van der Waals surface area contributed by atoms with Crippen LogP contribution in [0.2, 0.25) is 0 Å². The van der Waals surface area contributed by atoms with Crippen LogP contribution in [0.25, 0.3) is 0 Å². The van der Waals surface area contributed by atoms with Gasteiger partial charge < -0.3 is 10.2 Å². The molecule has 1 unspecified atom stereocenters. The van der Waals surface area contributed by atoms with Crippen molar-refractivity contribution in [3.63, 3.8) is 0 Å². The van der Waals surface area contributed by atoms with Crippen molar-refractivity contribution >= 4 is 5.82 Å². The molecule has 1 N–H and O–H groups in total. The summed E-state index contributed by atoms with van der Waals surface area (Å²) in [6.45, 7) is 10.1. The Morgan fingerprint density at radius 3 is 2.71 bits per heavy atom. The molecule has 2 aliphatic rings. The number of aromatic nitrogens is 1. The third kappa shape index (κ3) is 3.74. The van der Waals surface area contributed by atoms with E-state index in [1.165, 1.54) is 30.6 Å². The predicted octanol–water partition coefficient (Wildman–Crippen LogP) is 2.25. The van der Waals surface area contributed by atoms with E-state index in [4.69, 9.17) is 0 Å². The molecule has 116 valence electrons. The highest BCUT2D eigenvalue weighted by atomic mass is 15.3. The van der Waals surface area contributed by atoms with Crippen LogP contribution in [0.15, 0.2) is 18.3 Å². The second-order valence-corrected chi connectivity index (χ2v) is 6.42. The minimum atomic E-state index is 0.701. The minimum absolute atomic E-state index is 0.701. The van der Waals surface area contributed by atoms with Crippen LogP contribution in [-0.4, -0.2) is 48.1 Å². The highest BCUT2D eigenvalue weighted by Gasteiger charge is 2.24. The van der Waals surface area contributed by atoms with Gasteiger partial charge in [0.05, 0.1) is 0 Å². The van der Waals surface area contributed by atoms with Crippen LogP contribution in [0, 0.1) is 0 Å². The second kappa shape index (κ2) is 6.75. The van der Waals surface area contributed by atoms with E-state index in [1.54, 1.807) is 0 Å². The second-order valence-electron chi connectivity index (χ2n) is 6.42. The summed E-state index contributed by atoms with van der Waals surface area (Å²) < 4.78 is 0. The van der Waals surface area contributed by atoms with Crippen LogP contribution in [0.5, 0.6) is 0 Å². The van der Waals surface area contributed by atoms with E-state index >= 15 is 0 Å². The van der Waals surface area contributed by atoms with Crippen molar-refractivity contribution in [2.24, 2.45) is 0 Å². The molecule has 0 amide bonds. The Kier molecular flexibility index (Phi) is 4.76. The summed E-state index contributed by atoms with van der Waals surface area (Å²) in [5.41, 5.74) is 1.35.